The number of hydrogen-bond donors (Lipinski definition) is 2. The van der Waals surface area contributed by atoms with Gasteiger partial charge in [-0.3, -0.25) is 4.79 Å². The van der Waals surface area contributed by atoms with Crippen LogP contribution >= 0.6 is 0 Å². The van der Waals surface area contributed by atoms with Gasteiger partial charge in [0.05, 0.1) is 13.7 Å². The highest BCUT2D eigenvalue weighted by Gasteiger charge is 2.65. The van der Waals surface area contributed by atoms with Crippen LogP contribution in [-0.2, 0) is 14.3 Å². The van der Waals surface area contributed by atoms with Crippen molar-refractivity contribution in [2.45, 2.75) is 89.3 Å². The van der Waals surface area contributed by atoms with E-state index >= 15 is 0 Å². The number of carbonyl (C=O) groups excluding carboxylic acids is 2. The molecule has 0 unspecified atom stereocenters. The van der Waals surface area contributed by atoms with Crippen LogP contribution in [0.1, 0.15) is 52.9 Å². The number of rotatable bonds is 1. The van der Waals surface area contributed by atoms with Gasteiger partial charge >= 0.3 is 5.97 Å². The number of Topliss-reactive ketones (excluding diaryl/α,β-unsaturated/α-hetero) is 1. The van der Waals surface area contributed by atoms with Gasteiger partial charge in [0.25, 0.3) is 0 Å². The fourth-order valence-electron chi connectivity index (χ4n) is 6.24. The molecule has 0 bridgehead atoms. The molecule has 4 atom stereocenters. The van der Waals surface area contributed by atoms with Gasteiger partial charge in [0.1, 0.15) is 5.60 Å². The maximum absolute atomic E-state index is 13.0. The summed E-state index contributed by atoms with van der Waals surface area (Å²) >= 11 is 0. The number of ketones is 1. The molecule has 1 aliphatic heterocycles. The quantitative estimate of drug-likeness (QED) is 0.518. The molecule has 0 aromatic heterocycles. The van der Waals surface area contributed by atoms with Crippen molar-refractivity contribution in [3.63, 3.8) is 0 Å². The second kappa shape index (κ2) is 5.46. The molecule has 4 aliphatic rings. The number of aliphatic hydroxyl groups is 2. The third kappa shape index (κ3) is 2.50. The van der Waals surface area contributed by atoms with Crippen molar-refractivity contribution in [2.75, 3.05) is 0 Å². The number of fused-ring (bicyclic) bond motifs is 4. The lowest BCUT2D eigenvalue weighted by atomic mass is 9.62. The van der Waals surface area contributed by atoms with Gasteiger partial charge in [-0.25, -0.2) is 4.79 Å². The van der Waals surface area contributed by atoms with Gasteiger partial charge in [0, 0.05) is 24.2 Å². The highest BCUT2D eigenvalue weighted by molar-refractivity contribution is 6.87. The Bertz CT molecular complexity index is 847. The molecule has 0 aromatic rings. The van der Waals surface area contributed by atoms with E-state index in [9.17, 15) is 19.8 Å². The van der Waals surface area contributed by atoms with Gasteiger partial charge in [0.15, 0.2) is 11.4 Å². The first-order valence-electron chi connectivity index (χ1n) is 10.3. The van der Waals surface area contributed by atoms with E-state index in [-0.39, 0.29) is 17.6 Å². The minimum atomic E-state index is -1.93. The van der Waals surface area contributed by atoms with E-state index in [1.165, 1.54) is 0 Å². The van der Waals surface area contributed by atoms with Gasteiger partial charge < -0.3 is 14.9 Å². The predicted molar refractivity (Wildman–Crippen MR) is 108 cm³/mol. The molecule has 1 saturated heterocycles. The standard InChI is InChI=1S/C22H32O5Si/c1-19(2)15-8-7-13-16-17(28(4,5)6)14(23)11-20(16,3)9-10-21(13,25)12-22(15,26)18(24)27-19/h7,15,25-26H,8-12H2,1-6H3/t15-,20+,21-,22+/m0/s1. The monoisotopic (exact) mass is 404 g/mol. The Morgan fingerprint density at radius 1 is 1.11 bits per heavy atom. The molecule has 3 aliphatic carbocycles. The van der Waals surface area contributed by atoms with Crippen LogP contribution in [-0.4, -0.2) is 46.8 Å². The minimum absolute atomic E-state index is 0.0640. The summed E-state index contributed by atoms with van der Waals surface area (Å²) in [5, 5.41) is 24.0. The Labute approximate surface area is 167 Å². The Morgan fingerprint density at radius 2 is 1.75 bits per heavy atom. The largest absolute Gasteiger partial charge is 0.457 e. The van der Waals surface area contributed by atoms with Crippen LogP contribution in [0.15, 0.2) is 22.4 Å². The Kier molecular flexibility index (Phi) is 3.91. The number of esters is 1. The maximum atomic E-state index is 13.0. The summed E-state index contributed by atoms with van der Waals surface area (Å²) in [6.45, 7) is 12.3. The van der Waals surface area contributed by atoms with Crippen LogP contribution in [0.2, 0.25) is 19.6 Å². The molecule has 0 spiro atoms. The molecule has 2 fully saturated rings. The molecule has 1 heterocycles. The molecule has 0 radical (unpaired) electrons. The first-order chi connectivity index (χ1) is 12.6. The number of allylic oxidation sites excluding steroid dienone is 2. The van der Waals surface area contributed by atoms with Crippen molar-refractivity contribution >= 4 is 19.8 Å². The van der Waals surface area contributed by atoms with Crippen LogP contribution in [0.25, 0.3) is 0 Å². The summed E-state index contributed by atoms with van der Waals surface area (Å²) in [5.74, 6) is -0.848. The SMILES string of the molecule is CC1(C)OC(=O)[C@@]2(O)C[C@@]3(O)CC[C@]4(C)CC(=O)C([Si](C)(C)C)=C4C3=CC[C@@H]12. The van der Waals surface area contributed by atoms with Crippen molar-refractivity contribution in [1.82, 2.24) is 0 Å². The summed E-state index contributed by atoms with van der Waals surface area (Å²) in [6, 6.07) is 0. The Morgan fingerprint density at radius 3 is 2.36 bits per heavy atom. The normalized spacial score (nSPS) is 42.4. The van der Waals surface area contributed by atoms with E-state index in [0.29, 0.717) is 25.7 Å². The molecule has 5 nitrogen and oxygen atoms in total. The smallest absolute Gasteiger partial charge is 0.339 e. The lowest BCUT2D eigenvalue weighted by Crippen LogP contribution is -2.51. The molecular weight excluding hydrogens is 372 g/mol. The van der Waals surface area contributed by atoms with Crippen LogP contribution in [0.4, 0.5) is 0 Å². The zero-order valence-corrected chi connectivity index (χ0v) is 18.8. The molecule has 4 rings (SSSR count). The molecule has 6 heteroatoms. The van der Waals surface area contributed by atoms with E-state index < -0.39 is 36.8 Å². The van der Waals surface area contributed by atoms with Gasteiger partial charge in [-0.2, -0.15) is 0 Å². The number of hydrogen-bond acceptors (Lipinski definition) is 5. The topological polar surface area (TPSA) is 83.8 Å². The number of ether oxygens (including phenoxy) is 1. The van der Waals surface area contributed by atoms with Crippen molar-refractivity contribution in [3.05, 3.63) is 22.4 Å². The van der Waals surface area contributed by atoms with E-state index in [2.05, 4.69) is 26.6 Å². The van der Waals surface area contributed by atoms with Crippen LogP contribution in [0.5, 0.6) is 0 Å². The van der Waals surface area contributed by atoms with Crippen LogP contribution in [0.3, 0.4) is 0 Å². The average Bonchev–Trinajstić information content (AvgIpc) is 2.80. The second-order valence-corrected chi connectivity index (χ2v) is 16.2. The summed E-state index contributed by atoms with van der Waals surface area (Å²) in [6.07, 6.45) is 3.99. The molecule has 28 heavy (non-hydrogen) atoms. The van der Waals surface area contributed by atoms with Crippen molar-refractivity contribution in [1.29, 1.82) is 0 Å². The third-order valence-corrected chi connectivity index (χ3v) is 9.57. The summed E-state index contributed by atoms with van der Waals surface area (Å²) in [4.78, 5) is 25.6. The lowest BCUT2D eigenvalue weighted by Gasteiger charge is -2.46. The van der Waals surface area contributed by atoms with E-state index in [1.54, 1.807) is 0 Å². The van der Waals surface area contributed by atoms with Crippen LogP contribution < -0.4 is 0 Å². The highest BCUT2D eigenvalue weighted by Crippen LogP contribution is 2.60. The second-order valence-electron chi connectivity index (χ2n) is 11.2. The van der Waals surface area contributed by atoms with Crippen molar-refractivity contribution < 1.29 is 24.5 Å². The van der Waals surface area contributed by atoms with E-state index in [0.717, 1.165) is 16.3 Å². The average molecular weight is 405 g/mol. The third-order valence-electron chi connectivity index (χ3n) is 7.54. The van der Waals surface area contributed by atoms with Gasteiger partial charge in [-0.15, -0.1) is 0 Å². The van der Waals surface area contributed by atoms with Crippen molar-refractivity contribution in [3.8, 4) is 0 Å². The van der Waals surface area contributed by atoms with Gasteiger partial charge in [-0.1, -0.05) is 32.6 Å². The first-order valence-corrected chi connectivity index (χ1v) is 13.8. The predicted octanol–water partition coefficient (Wildman–Crippen LogP) is 3.07. The molecule has 2 N–H and O–H groups in total. The molecule has 154 valence electrons. The molecule has 1 saturated carbocycles. The minimum Gasteiger partial charge on any atom is -0.457 e. The molecule has 0 amide bonds. The van der Waals surface area contributed by atoms with Gasteiger partial charge in [-0.05, 0) is 49.5 Å². The molecular formula is C22H32O5Si. The Hall–Kier alpha value is -1.24. The Balaban J connectivity index is 1.92. The van der Waals surface area contributed by atoms with E-state index in [1.807, 2.05) is 19.9 Å². The zero-order valence-electron chi connectivity index (χ0n) is 17.8. The zero-order chi connectivity index (χ0) is 20.9. The number of carbonyl (C=O) groups is 2. The fraction of sp³-hybridized carbons (Fsp3) is 0.727. The van der Waals surface area contributed by atoms with Gasteiger partial charge in [0.2, 0.25) is 0 Å². The maximum Gasteiger partial charge on any atom is 0.339 e. The lowest BCUT2D eigenvalue weighted by molar-refractivity contribution is -0.162. The summed E-state index contributed by atoms with van der Waals surface area (Å²) < 4.78 is 5.49. The highest BCUT2D eigenvalue weighted by atomic mass is 28.3. The van der Waals surface area contributed by atoms with Crippen LogP contribution in [0, 0.1) is 11.3 Å². The summed E-state index contributed by atoms with van der Waals surface area (Å²) in [7, 11) is -1.93. The molecule has 0 aromatic carbocycles. The number of cyclic esters (lactones) is 1. The summed E-state index contributed by atoms with van der Waals surface area (Å²) in [5.41, 5.74) is -2.27. The first kappa shape index (κ1) is 20.0. The van der Waals surface area contributed by atoms with Crippen molar-refractivity contribution in [2.24, 2.45) is 11.3 Å². The van der Waals surface area contributed by atoms with E-state index in [4.69, 9.17) is 4.74 Å². The fourth-order valence-corrected chi connectivity index (χ4v) is 8.35.